The van der Waals surface area contributed by atoms with Crippen LogP contribution in [0.15, 0.2) is 0 Å². The summed E-state index contributed by atoms with van der Waals surface area (Å²) in [6.45, 7) is 6.95. The van der Waals surface area contributed by atoms with E-state index in [1.54, 1.807) is 0 Å². The van der Waals surface area contributed by atoms with Gasteiger partial charge in [-0.3, -0.25) is 0 Å². The predicted molar refractivity (Wildman–Crippen MR) is 46.0 cm³/mol. The van der Waals surface area contributed by atoms with Gasteiger partial charge in [-0.15, -0.1) is 0 Å². The van der Waals surface area contributed by atoms with Crippen molar-refractivity contribution in [1.29, 1.82) is 0 Å². The molecule has 1 saturated heterocycles. The molecule has 0 radical (unpaired) electrons. The molecule has 1 aliphatic heterocycles. The fraction of sp³-hybridized carbons (Fsp3) is 1.00. The molecule has 0 spiro atoms. The maximum absolute atomic E-state index is 5.87. The van der Waals surface area contributed by atoms with Gasteiger partial charge in [-0.2, -0.15) is 0 Å². The van der Waals surface area contributed by atoms with E-state index in [1.165, 1.54) is 12.5 Å². The molecule has 9 heavy (non-hydrogen) atoms. The molecule has 54 valence electrons. The molecule has 1 unspecified atom stereocenters. The zero-order valence-corrected chi connectivity index (χ0v) is 9.02. The Labute approximate surface area is 60.5 Å². The minimum absolute atomic E-state index is 0.221. The first kappa shape index (κ1) is 7.50. The lowest BCUT2D eigenvalue weighted by Crippen LogP contribution is -2.45. The van der Waals surface area contributed by atoms with Crippen LogP contribution >= 0.6 is 0 Å². The summed E-state index contributed by atoms with van der Waals surface area (Å²) in [5.41, 5.74) is 0. The van der Waals surface area contributed by atoms with Gasteiger partial charge in [0.15, 0.2) is 7.83 Å². The number of hydrogen-bond donors (Lipinski definition) is 0. The van der Waals surface area contributed by atoms with Crippen LogP contribution in [0.3, 0.4) is 0 Å². The summed E-state index contributed by atoms with van der Waals surface area (Å²) in [4.78, 5) is 0. The number of hydrogen-bond acceptors (Lipinski definition) is 1. The fourth-order valence-electron chi connectivity index (χ4n) is 1.48. The lowest BCUT2D eigenvalue weighted by atomic mass is 10.3. The maximum atomic E-state index is 5.87. The second kappa shape index (κ2) is 2.56. The van der Waals surface area contributed by atoms with E-state index in [0.717, 1.165) is 0 Å². The van der Waals surface area contributed by atoms with Crippen molar-refractivity contribution in [1.82, 2.24) is 0 Å². The monoisotopic (exact) mass is 160 g/mol. The van der Waals surface area contributed by atoms with Crippen molar-refractivity contribution in [3.05, 3.63) is 0 Å². The molecule has 0 amide bonds. The van der Waals surface area contributed by atoms with E-state index in [1.807, 2.05) is 0 Å². The van der Waals surface area contributed by atoms with E-state index in [0.29, 0.717) is 6.10 Å². The first-order valence-electron chi connectivity index (χ1n) is 3.78. The molecule has 1 atom stereocenters. The predicted octanol–water partition coefficient (Wildman–Crippen LogP) is 1.08. The average Bonchev–Trinajstić information content (AvgIpc) is 1.60. The van der Waals surface area contributed by atoms with Crippen LogP contribution in [0.2, 0.25) is 19.1 Å². The molecule has 0 aromatic heterocycles. The Morgan fingerprint density at radius 1 is 1.56 bits per heavy atom. The van der Waals surface area contributed by atoms with Gasteiger partial charge in [0.2, 0.25) is 0 Å². The molecular weight excluding hydrogens is 144 g/mol. The number of rotatable bonds is 0. The highest BCUT2D eigenvalue weighted by Crippen LogP contribution is 2.18. The van der Waals surface area contributed by atoms with Crippen molar-refractivity contribution in [2.45, 2.75) is 38.6 Å². The minimum Gasteiger partial charge on any atom is -0.418 e. The smallest absolute Gasteiger partial charge is 0.167 e. The Hall–Kier alpha value is 0.394. The van der Waals surface area contributed by atoms with Crippen molar-refractivity contribution in [2.24, 2.45) is 0 Å². The summed E-state index contributed by atoms with van der Waals surface area (Å²) in [5, 5.41) is 0. The van der Waals surface area contributed by atoms with Crippen molar-refractivity contribution >= 4 is 16.9 Å². The lowest BCUT2D eigenvalue weighted by molar-refractivity contribution is 0.209. The third-order valence-electron chi connectivity index (χ3n) is 1.91. The van der Waals surface area contributed by atoms with Crippen LogP contribution in [0, 0.1) is 0 Å². The Morgan fingerprint density at radius 2 is 2.22 bits per heavy atom. The highest BCUT2D eigenvalue weighted by atomic mass is 29.2. The summed E-state index contributed by atoms with van der Waals surface area (Å²) in [7, 11) is -0.793. The van der Waals surface area contributed by atoms with Gasteiger partial charge >= 0.3 is 0 Å². The first-order chi connectivity index (χ1) is 4.10. The van der Waals surface area contributed by atoms with E-state index < -0.39 is 7.83 Å². The summed E-state index contributed by atoms with van der Waals surface area (Å²) in [6.07, 6.45) is 1.91. The molecule has 0 aliphatic carbocycles. The van der Waals surface area contributed by atoms with Crippen LogP contribution in [-0.4, -0.2) is 23.0 Å². The molecule has 0 aromatic rings. The molecule has 3 heteroatoms. The summed E-state index contributed by atoms with van der Waals surface area (Å²) < 4.78 is 5.87. The molecule has 1 nitrogen and oxygen atoms in total. The first-order valence-corrected chi connectivity index (χ1v) is 10.0. The highest BCUT2D eigenvalue weighted by Gasteiger charge is 2.28. The van der Waals surface area contributed by atoms with E-state index in [2.05, 4.69) is 20.0 Å². The topological polar surface area (TPSA) is 9.23 Å². The highest BCUT2D eigenvalue weighted by molar-refractivity contribution is 7.20. The van der Waals surface area contributed by atoms with Crippen LogP contribution in [0.25, 0.3) is 0 Å². The normalized spacial score (nSPS) is 37.0. The van der Waals surface area contributed by atoms with E-state index in [9.17, 15) is 0 Å². The van der Waals surface area contributed by atoms with Crippen LogP contribution in [-0.2, 0) is 4.43 Å². The summed E-state index contributed by atoms with van der Waals surface area (Å²) >= 11 is 0. The van der Waals surface area contributed by atoms with Gasteiger partial charge < -0.3 is 4.43 Å². The average molecular weight is 160 g/mol. The van der Waals surface area contributed by atoms with Gasteiger partial charge in [-0.25, -0.2) is 0 Å². The van der Waals surface area contributed by atoms with E-state index in [4.69, 9.17) is 4.43 Å². The standard InChI is InChI=1S/C6H16OSi2/c1-6-4-5-8-9(2,3)7-6/h6H,4-5,8H2,1-3H3. The van der Waals surface area contributed by atoms with Gasteiger partial charge in [0.1, 0.15) is 0 Å². The molecule has 0 saturated carbocycles. The molecule has 0 N–H and O–H groups in total. The molecule has 1 aliphatic rings. The van der Waals surface area contributed by atoms with Gasteiger partial charge in [0.25, 0.3) is 0 Å². The molecule has 1 rings (SSSR count). The second-order valence-corrected chi connectivity index (χ2v) is 15.2. The van der Waals surface area contributed by atoms with Crippen molar-refractivity contribution in [2.75, 3.05) is 0 Å². The Balaban J connectivity index is 2.41. The summed E-state index contributed by atoms with van der Waals surface area (Å²) in [6, 6.07) is 1.53. The van der Waals surface area contributed by atoms with Crippen molar-refractivity contribution in [3.8, 4) is 0 Å². The Morgan fingerprint density at radius 3 is 2.56 bits per heavy atom. The SMILES string of the molecule is CC1CC[SiH2][Si](C)(C)O1. The Bertz CT molecular complexity index is 103. The molecule has 1 heterocycles. The van der Waals surface area contributed by atoms with Gasteiger partial charge in [0, 0.05) is 15.1 Å². The Kier molecular flexibility index (Phi) is 2.13. The molecular formula is C6H16OSi2. The molecule has 1 fully saturated rings. The largest absolute Gasteiger partial charge is 0.418 e. The van der Waals surface area contributed by atoms with E-state index >= 15 is 0 Å². The van der Waals surface area contributed by atoms with Gasteiger partial charge in [0.05, 0.1) is 0 Å². The van der Waals surface area contributed by atoms with Crippen LogP contribution < -0.4 is 0 Å². The quantitative estimate of drug-likeness (QED) is 0.482. The maximum Gasteiger partial charge on any atom is 0.167 e. The fourth-order valence-corrected chi connectivity index (χ4v) is 8.81. The van der Waals surface area contributed by atoms with Crippen molar-refractivity contribution < 1.29 is 4.43 Å². The van der Waals surface area contributed by atoms with Crippen LogP contribution in [0.1, 0.15) is 13.3 Å². The molecule has 0 aromatic carbocycles. The third kappa shape index (κ3) is 2.23. The second-order valence-electron chi connectivity index (χ2n) is 3.58. The lowest BCUT2D eigenvalue weighted by Gasteiger charge is -2.32. The zero-order chi connectivity index (χ0) is 6.91. The van der Waals surface area contributed by atoms with Crippen molar-refractivity contribution in [3.63, 3.8) is 0 Å². The van der Waals surface area contributed by atoms with Crippen LogP contribution in [0.5, 0.6) is 0 Å². The van der Waals surface area contributed by atoms with Gasteiger partial charge in [-0.1, -0.05) is 6.04 Å². The molecule has 0 bridgehead atoms. The minimum atomic E-state index is -1.01. The van der Waals surface area contributed by atoms with Crippen LogP contribution in [0.4, 0.5) is 0 Å². The van der Waals surface area contributed by atoms with E-state index in [-0.39, 0.29) is 9.04 Å². The van der Waals surface area contributed by atoms with Gasteiger partial charge in [-0.05, 0) is 26.4 Å². The third-order valence-corrected chi connectivity index (χ3v) is 10.1. The summed E-state index contributed by atoms with van der Waals surface area (Å²) in [5.74, 6) is 0. The zero-order valence-electron chi connectivity index (χ0n) is 6.61.